The second kappa shape index (κ2) is 8.24. The number of allylic oxidation sites excluding steroid dienone is 1. The van der Waals surface area contributed by atoms with Crippen LogP contribution in [0.15, 0.2) is 71.3 Å². The van der Waals surface area contributed by atoms with Crippen LogP contribution in [0.1, 0.15) is 44.9 Å². The van der Waals surface area contributed by atoms with E-state index in [0.717, 1.165) is 29.0 Å². The Balaban J connectivity index is 1.50. The molecule has 4 aromatic rings. The van der Waals surface area contributed by atoms with E-state index in [1.165, 1.54) is 12.1 Å². The van der Waals surface area contributed by atoms with Crippen molar-refractivity contribution >= 4 is 28.5 Å². The van der Waals surface area contributed by atoms with E-state index in [2.05, 4.69) is 0 Å². The fourth-order valence-corrected chi connectivity index (χ4v) is 4.12. The van der Waals surface area contributed by atoms with Gasteiger partial charge in [-0.05, 0) is 65.9 Å². The Kier molecular flexibility index (Phi) is 5.24. The number of benzene rings is 2. The van der Waals surface area contributed by atoms with Gasteiger partial charge in [-0.1, -0.05) is 30.3 Å². The number of hydrogen-bond donors (Lipinski definition) is 0. The largest absolute Gasteiger partial charge is 0.465 e. The minimum Gasteiger partial charge on any atom is -0.465 e. The molecular weight excluding hydrogens is 431 g/mol. The van der Waals surface area contributed by atoms with Gasteiger partial charge in [-0.3, -0.25) is 0 Å². The van der Waals surface area contributed by atoms with Crippen LogP contribution in [0, 0.1) is 0 Å². The van der Waals surface area contributed by atoms with E-state index < -0.39 is 17.7 Å². The van der Waals surface area contributed by atoms with E-state index in [9.17, 15) is 18.0 Å². The van der Waals surface area contributed by atoms with Gasteiger partial charge < -0.3 is 9.15 Å². The van der Waals surface area contributed by atoms with Gasteiger partial charge in [0, 0.05) is 5.39 Å². The molecule has 0 fully saturated rings. The number of carbonyl (C=O) groups is 1. The number of pyridine rings is 1. The Morgan fingerprint density at radius 3 is 2.70 bits per heavy atom. The number of hydrogen-bond acceptors (Lipinski definition) is 4. The molecule has 2 aromatic carbocycles. The zero-order chi connectivity index (χ0) is 23.0. The summed E-state index contributed by atoms with van der Waals surface area (Å²) in [5.41, 5.74) is 3.00. The van der Waals surface area contributed by atoms with Crippen LogP contribution in [0.3, 0.4) is 0 Å². The maximum Gasteiger partial charge on any atom is 0.416 e. The van der Waals surface area contributed by atoms with Gasteiger partial charge in [0.25, 0.3) is 0 Å². The van der Waals surface area contributed by atoms with Gasteiger partial charge in [-0.15, -0.1) is 0 Å². The Morgan fingerprint density at radius 2 is 1.91 bits per heavy atom. The van der Waals surface area contributed by atoms with Crippen molar-refractivity contribution in [3.8, 4) is 0 Å². The zero-order valence-corrected chi connectivity index (χ0v) is 17.4. The number of esters is 1. The molecular formula is C26H18F3NO3. The molecule has 7 heteroatoms. The Bertz CT molecular complexity index is 1370. The minimum absolute atomic E-state index is 0.261. The Morgan fingerprint density at radius 1 is 1.06 bits per heavy atom. The highest BCUT2D eigenvalue weighted by Crippen LogP contribution is 2.38. The topological polar surface area (TPSA) is 52.3 Å². The first-order valence-corrected chi connectivity index (χ1v) is 10.4. The van der Waals surface area contributed by atoms with Crippen molar-refractivity contribution in [3.63, 3.8) is 0 Å². The first-order valence-electron chi connectivity index (χ1n) is 10.4. The lowest BCUT2D eigenvalue weighted by molar-refractivity contribution is -0.137. The molecule has 0 saturated heterocycles. The van der Waals surface area contributed by atoms with Crippen LogP contribution < -0.4 is 0 Å². The zero-order valence-electron chi connectivity index (χ0n) is 17.4. The molecule has 1 aliphatic carbocycles. The maximum atomic E-state index is 13.2. The molecule has 0 saturated carbocycles. The summed E-state index contributed by atoms with van der Waals surface area (Å²) >= 11 is 0. The van der Waals surface area contributed by atoms with Crippen molar-refractivity contribution in [1.29, 1.82) is 0 Å². The number of rotatable bonds is 4. The highest BCUT2D eigenvalue weighted by Gasteiger charge is 2.31. The average Bonchev–Trinajstić information content (AvgIpc) is 3.46. The number of para-hydroxylation sites is 1. The van der Waals surface area contributed by atoms with Gasteiger partial charge in [0.2, 0.25) is 0 Å². The number of alkyl halides is 3. The van der Waals surface area contributed by atoms with Crippen LogP contribution in [0.2, 0.25) is 0 Å². The molecule has 0 unspecified atom stereocenters. The maximum absolute atomic E-state index is 13.2. The normalized spacial score (nSPS) is 14.6. The van der Waals surface area contributed by atoms with Crippen molar-refractivity contribution in [1.82, 2.24) is 4.98 Å². The summed E-state index contributed by atoms with van der Waals surface area (Å²) in [5.74, 6) is 0.114. The Hall–Kier alpha value is -3.87. The minimum atomic E-state index is -4.46. The molecule has 0 aliphatic heterocycles. The third-order valence-electron chi connectivity index (χ3n) is 5.63. The average molecular weight is 449 g/mol. The lowest BCUT2D eigenvalue weighted by atomic mass is 10.0. The smallest absolute Gasteiger partial charge is 0.416 e. The van der Waals surface area contributed by atoms with Gasteiger partial charge in [0.1, 0.15) is 12.4 Å². The summed E-state index contributed by atoms with van der Waals surface area (Å²) < 4.78 is 49.9. The fourth-order valence-electron chi connectivity index (χ4n) is 4.12. The van der Waals surface area contributed by atoms with Crippen LogP contribution in [0.25, 0.3) is 22.6 Å². The number of furan rings is 1. The van der Waals surface area contributed by atoms with E-state index >= 15 is 0 Å². The number of halogens is 3. The summed E-state index contributed by atoms with van der Waals surface area (Å²) in [5, 5.41) is 0.657. The molecule has 4 nitrogen and oxygen atoms in total. The summed E-state index contributed by atoms with van der Waals surface area (Å²) in [7, 11) is 0. The third-order valence-corrected chi connectivity index (χ3v) is 5.63. The SMILES string of the molecule is O=C(OCc1cccc(C(F)(F)F)c1)c1c2c(nc3ccccc13)C(=Cc1ccco1)CC2. The second-order valence-corrected chi connectivity index (χ2v) is 7.79. The van der Waals surface area contributed by atoms with Gasteiger partial charge in [-0.25, -0.2) is 9.78 Å². The van der Waals surface area contributed by atoms with Gasteiger partial charge >= 0.3 is 12.1 Å². The van der Waals surface area contributed by atoms with Crippen LogP contribution in [0.5, 0.6) is 0 Å². The molecule has 0 bridgehead atoms. The monoisotopic (exact) mass is 449 g/mol. The van der Waals surface area contributed by atoms with Gasteiger partial charge in [-0.2, -0.15) is 13.2 Å². The second-order valence-electron chi connectivity index (χ2n) is 7.79. The standard InChI is InChI=1S/C26H18F3NO3/c27-26(28,29)18-6-3-5-16(13-18)15-33-25(31)23-20-8-1-2-9-22(20)30-24-17(10-11-21(23)24)14-19-7-4-12-32-19/h1-9,12-14H,10-11,15H2. The van der Waals surface area contributed by atoms with Gasteiger partial charge in [0.15, 0.2) is 0 Å². The van der Waals surface area contributed by atoms with E-state index in [-0.39, 0.29) is 12.2 Å². The lowest BCUT2D eigenvalue weighted by Crippen LogP contribution is -2.11. The number of nitrogens with zero attached hydrogens (tertiary/aromatic N) is 1. The number of fused-ring (bicyclic) bond motifs is 2. The van der Waals surface area contributed by atoms with Crippen molar-refractivity contribution < 1.29 is 27.1 Å². The van der Waals surface area contributed by atoms with Crippen LogP contribution in [-0.4, -0.2) is 11.0 Å². The molecule has 0 atom stereocenters. The van der Waals surface area contributed by atoms with Crippen LogP contribution in [-0.2, 0) is 23.9 Å². The van der Waals surface area contributed by atoms with Crippen LogP contribution >= 0.6 is 0 Å². The molecule has 166 valence electrons. The Labute approximate surface area is 187 Å². The van der Waals surface area contributed by atoms with Crippen molar-refractivity contribution in [2.24, 2.45) is 0 Å². The lowest BCUT2D eigenvalue weighted by Gasteiger charge is -2.13. The van der Waals surface area contributed by atoms with Crippen molar-refractivity contribution in [2.75, 3.05) is 0 Å². The third kappa shape index (κ3) is 4.14. The molecule has 0 spiro atoms. The molecule has 0 amide bonds. The molecule has 33 heavy (non-hydrogen) atoms. The number of carbonyl (C=O) groups excluding carboxylic acids is 1. The quantitative estimate of drug-likeness (QED) is 0.326. The molecule has 0 N–H and O–H groups in total. The molecule has 5 rings (SSSR count). The van der Waals surface area contributed by atoms with Crippen molar-refractivity contribution in [3.05, 3.63) is 101 Å². The molecule has 0 radical (unpaired) electrons. The highest BCUT2D eigenvalue weighted by molar-refractivity contribution is 6.07. The van der Waals surface area contributed by atoms with E-state index in [1.54, 1.807) is 18.4 Å². The van der Waals surface area contributed by atoms with Gasteiger partial charge in [0.05, 0.1) is 28.6 Å². The highest BCUT2D eigenvalue weighted by atomic mass is 19.4. The summed E-state index contributed by atoms with van der Waals surface area (Å²) in [6.07, 6.45) is 0.331. The van der Waals surface area contributed by atoms with Crippen LogP contribution in [0.4, 0.5) is 13.2 Å². The van der Waals surface area contributed by atoms with E-state index in [4.69, 9.17) is 14.1 Å². The van der Waals surface area contributed by atoms with E-state index in [1.807, 2.05) is 30.3 Å². The predicted octanol–water partition coefficient (Wildman–Crippen LogP) is 6.69. The summed E-state index contributed by atoms with van der Waals surface area (Å²) in [6.45, 7) is -0.261. The number of ether oxygens (including phenoxy) is 1. The summed E-state index contributed by atoms with van der Waals surface area (Å²) in [4.78, 5) is 18.0. The molecule has 1 aliphatic rings. The first kappa shape index (κ1) is 21.0. The van der Waals surface area contributed by atoms with Crippen molar-refractivity contribution in [2.45, 2.75) is 25.6 Å². The van der Waals surface area contributed by atoms with E-state index in [0.29, 0.717) is 35.1 Å². The first-order chi connectivity index (χ1) is 15.9. The number of aromatic nitrogens is 1. The fraction of sp³-hybridized carbons (Fsp3) is 0.154. The molecule has 2 heterocycles. The summed E-state index contributed by atoms with van der Waals surface area (Å²) in [6, 6.07) is 15.7. The molecule has 2 aromatic heterocycles. The predicted molar refractivity (Wildman–Crippen MR) is 117 cm³/mol.